The summed E-state index contributed by atoms with van der Waals surface area (Å²) < 4.78 is 148. The molecule has 63 heavy (non-hydrogen) atoms. The Kier molecular flexibility index (Phi) is 8.63. The predicted octanol–water partition coefficient (Wildman–Crippen LogP) is 13.0. The molecule has 0 atom stereocenters. The molecule has 5 nitrogen and oxygen atoms in total. The van der Waals surface area contributed by atoms with Gasteiger partial charge in [0.2, 0.25) is 0 Å². The average molecular weight is 1010 g/mol. The molecule has 6 heteroatoms. The van der Waals surface area contributed by atoms with Crippen molar-refractivity contribution in [2.24, 2.45) is 5.41 Å². The van der Waals surface area contributed by atoms with Gasteiger partial charge in [0.05, 0.1) is 12.5 Å². The Morgan fingerprint density at radius 2 is 1.16 bits per heavy atom. The number of hydrogen-bond donors (Lipinski definition) is 0. The van der Waals surface area contributed by atoms with Gasteiger partial charge in [0, 0.05) is 43.2 Å². The minimum atomic E-state index is -3.38. The van der Waals surface area contributed by atoms with Gasteiger partial charge in [-0.3, -0.25) is 0 Å². The van der Waals surface area contributed by atoms with E-state index in [0.29, 0.717) is 33.3 Å². The van der Waals surface area contributed by atoms with Crippen LogP contribution in [0.3, 0.4) is 0 Å². The normalized spacial score (nSPS) is 16.5. The van der Waals surface area contributed by atoms with Crippen LogP contribution in [0.15, 0.2) is 150 Å². The van der Waals surface area contributed by atoms with Crippen LogP contribution in [0.5, 0.6) is 0 Å². The fourth-order valence-electron chi connectivity index (χ4n) is 6.81. The molecular weight excluding hydrogens is 949 g/mol. The summed E-state index contributed by atoms with van der Waals surface area (Å²) in [5, 5.41) is 10.9. The van der Waals surface area contributed by atoms with Crippen molar-refractivity contribution in [3.63, 3.8) is 0 Å². The van der Waals surface area contributed by atoms with E-state index in [0.717, 1.165) is 36.8 Å². The third-order valence-corrected chi connectivity index (χ3v) is 9.65. The predicted molar refractivity (Wildman–Crippen MR) is 249 cm³/mol. The Labute approximate surface area is 405 Å². The maximum Gasteiger partial charge on any atom is 3.00 e. The number of nitriles is 1. The van der Waals surface area contributed by atoms with E-state index in [1.807, 2.05) is 6.07 Å². The summed E-state index contributed by atoms with van der Waals surface area (Å²) in [6.07, 6.45) is -18.3. The second-order valence-electron chi connectivity index (χ2n) is 15.4. The SMILES string of the molecule is [2H]c1ccc2c(oc3c(-c4cc(C([2H])([2H])C(C)(C)C)c(C([2H])([2H])C([2H])([2H])c5cc(C([2H])([2H])C([2H])([2H])c6ccc(-c7[c-]cccc7)nc6)cc(C([2H])([2H])C([2H])([2H])c6ccc(-c7[c-]cccc7)nc6)c5)cn4)[c-]ccc32)c1C#N.[Ir+3]. The first kappa shape index (κ1) is 28.2. The Hall–Kier alpha value is -6.51. The molecule has 0 fully saturated rings. The topological polar surface area (TPSA) is 75.6 Å². The molecule has 0 aliphatic carbocycles. The van der Waals surface area contributed by atoms with Crippen LogP contribution in [-0.4, -0.2) is 15.0 Å². The number of rotatable bonds is 13. The van der Waals surface area contributed by atoms with E-state index < -0.39 is 72.3 Å². The molecule has 0 radical (unpaired) electrons. The van der Waals surface area contributed by atoms with E-state index in [2.05, 4.69) is 33.2 Å². The largest absolute Gasteiger partial charge is 3.00 e. The van der Waals surface area contributed by atoms with Crippen LogP contribution in [0.25, 0.3) is 55.7 Å². The van der Waals surface area contributed by atoms with Gasteiger partial charge in [-0.25, -0.2) is 0 Å². The first-order valence-electron chi connectivity index (χ1n) is 27.3. The molecule has 9 aromatic rings. The molecule has 310 valence electrons. The number of pyridine rings is 3. The van der Waals surface area contributed by atoms with Crippen molar-refractivity contribution in [2.75, 3.05) is 0 Å². The number of furan rings is 1. The third-order valence-electron chi connectivity index (χ3n) is 9.65. The molecule has 0 bridgehead atoms. The van der Waals surface area contributed by atoms with Crippen LogP contribution in [0.2, 0.25) is 0 Å². The van der Waals surface area contributed by atoms with Gasteiger partial charge in [0.1, 0.15) is 11.7 Å². The van der Waals surface area contributed by atoms with Crippen molar-refractivity contribution in [2.45, 2.75) is 65.4 Å². The molecule has 5 aromatic carbocycles. The quantitative estimate of drug-likeness (QED) is 0.108. The molecule has 9 rings (SSSR count). The Balaban J connectivity index is 0.00000803. The fourth-order valence-corrected chi connectivity index (χ4v) is 6.81. The van der Waals surface area contributed by atoms with Crippen LogP contribution in [-0.2, 0) is 64.7 Å². The van der Waals surface area contributed by atoms with Gasteiger partial charge in [-0.1, -0.05) is 92.4 Å². The van der Waals surface area contributed by atoms with Gasteiger partial charge in [0.25, 0.3) is 0 Å². The molecule has 4 aromatic heterocycles. The van der Waals surface area contributed by atoms with Gasteiger partial charge in [0.15, 0.2) is 0 Å². The number of para-hydroxylation sites is 1. The molecule has 0 unspecified atom stereocenters. The first-order valence-corrected chi connectivity index (χ1v) is 19.8. The van der Waals surface area contributed by atoms with Gasteiger partial charge < -0.3 is 19.4 Å². The maximum absolute atomic E-state index is 9.91. The second kappa shape index (κ2) is 19.3. The summed E-state index contributed by atoms with van der Waals surface area (Å²) in [5.74, 6) is 0. The van der Waals surface area contributed by atoms with Crippen LogP contribution >= 0.6 is 0 Å². The maximum atomic E-state index is 9.91. The zero-order chi connectivity index (χ0) is 55.9. The van der Waals surface area contributed by atoms with E-state index in [1.165, 1.54) is 36.4 Å². The minimum absolute atomic E-state index is 0. The number of aromatic nitrogens is 3. The number of fused-ring (bicyclic) bond motifs is 3. The van der Waals surface area contributed by atoms with Crippen molar-refractivity contribution in [1.82, 2.24) is 15.0 Å². The molecule has 0 saturated heterocycles. The van der Waals surface area contributed by atoms with E-state index in [9.17, 15) is 24.5 Å². The standard InChI is InChI=1S/C57H47N4O.Ir/c1-57(2,3)34-48-33-54(51-19-11-18-50-49-17-10-16-46(35-58)55(49)62-56(50)51)61-38-47(48)27-24-43-31-41(22-20-39-25-28-52(59-36-39)44-12-6-4-7-13-44)30-42(32-43)23-21-40-26-29-53(60-37-40)45-14-8-5-9-15-45;/h4-12,14,16-18,25-26,28-33,36-38H,20-24,27,34H2,1-3H3;/q-3;+3/i16D,20D2,21D2,22D2,23D2,24D2,27D2,34D2;. The average Bonchev–Trinajstić information content (AvgIpc) is 3.79. The van der Waals surface area contributed by atoms with Crippen molar-refractivity contribution in [3.8, 4) is 39.8 Å². The minimum Gasteiger partial charge on any atom is -0.499 e. The van der Waals surface area contributed by atoms with Gasteiger partial charge in [-0.2, -0.15) is 5.26 Å². The van der Waals surface area contributed by atoms with Crippen molar-refractivity contribution < 1.29 is 45.1 Å². The summed E-state index contributed by atoms with van der Waals surface area (Å²) in [5.41, 5.74) is -2.31. The number of benzene rings is 5. The van der Waals surface area contributed by atoms with Crippen molar-refractivity contribution in [3.05, 3.63) is 209 Å². The number of hydrogen-bond acceptors (Lipinski definition) is 5. The fraction of sp³-hybridized carbons (Fsp3) is 0.193. The van der Waals surface area contributed by atoms with E-state index in [1.54, 1.807) is 87.5 Å². The number of nitrogens with zero attached hydrogens (tertiary/aromatic N) is 4. The zero-order valence-electron chi connectivity index (χ0n) is 49.3. The summed E-state index contributed by atoms with van der Waals surface area (Å²) in [6, 6.07) is 40.8. The number of aryl methyl sites for hydroxylation is 6. The second-order valence-corrected chi connectivity index (χ2v) is 15.4. The third kappa shape index (κ3) is 10.2. The smallest absolute Gasteiger partial charge is 0.499 e. The Morgan fingerprint density at radius 3 is 1.70 bits per heavy atom. The van der Waals surface area contributed by atoms with E-state index in [-0.39, 0.29) is 70.8 Å². The van der Waals surface area contributed by atoms with Crippen LogP contribution in [0.4, 0.5) is 0 Å². The summed E-state index contributed by atoms with van der Waals surface area (Å²) >= 11 is 0. The van der Waals surface area contributed by atoms with E-state index >= 15 is 0 Å². The molecule has 0 aliphatic rings. The monoisotopic (exact) mass is 1010 g/mol. The van der Waals surface area contributed by atoms with Crippen molar-refractivity contribution >= 4 is 21.9 Å². The van der Waals surface area contributed by atoms with Gasteiger partial charge >= 0.3 is 20.1 Å². The van der Waals surface area contributed by atoms with Gasteiger partial charge in [-0.15, -0.1) is 90.0 Å². The van der Waals surface area contributed by atoms with E-state index in [4.69, 9.17) is 5.79 Å². The van der Waals surface area contributed by atoms with Crippen LogP contribution in [0.1, 0.15) is 85.8 Å². The van der Waals surface area contributed by atoms with Crippen LogP contribution < -0.4 is 0 Å². The summed E-state index contributed by atoms with van der Waals surface area (Å²) in [6.45, 7) is 4.72. The van der Waals surface area contributed by atoms with Crippen LogP contribution in [0, 0.1) is 34.9 Å². The Bertz CT molecular complexity index is 3620. The Morgan fingerprint density at radius 1 is 0.587 bits per heavy atom. The molecule has 4 heterocycles. The zero-order valence-corrected chi connectivity index (χ0v) is 36.7. The molecule has 0 amide bonds. The molecule has 0 spiro atoms. The molecule has 0 N–H and O–H groups in total. The van der Waals surface area contributed by atoms with Gasteiger partial charge in [-0.05, 0) is 112 Å². The van der Waals surface area contributed by atoms with Crippen molar-refractivity contribution in [1.29, 1.82) is 5.26 Å². The molecule has 0 saturated carbocycles. The molecular formula is C57H47IrN4O. The first-order chi connectivity index (χ1) is 36.0. The summed E-state index contributed by atoms with van der Waals surface area (Å²) in [4.78, 5) is 13.3. The molecule has 0 aliphatic heterocycles. The summed E-state index contributed by atoms with van der Waals surface area (Å²) in [7, 11) is 0.